The van der Waals surface area contributed by atoms with Crippen LogP contribution in [-0.2, 0) is 14.8 Å². The molecule has 0 aliphatic carbocycles. The minimum atomic E-state index is -3.87. The number of sulfonamides is 1. The van der Waals surface area contributed by atoms with E-state index in [1.54, 1.807) is 0 Å². The number of methoxy groups -OCH3 is 1. The van der Waals surface area contributed by atoms with E-state index in [4.69, 9.17) is 9.84 Å². The standard InChI is InChI=1S/C10H15FN2O4S/c1-17-7-9(2-3-14)13-18(15,16)10-4-8(11)5-12-6-10/h4-6,9,13-14H,2-3,7H2,1H3. The zero-order valence-electron chi connectivity index (χ0n) is 9.84. The van der Waals surface area contributed by atoms with Crippen molar-refractivity contribution in [2.75, 3.05) is 20.3 Å². The predicted octanol–water partition coefficient (Wildman–Crippen LogP) is -0.104. The molecule has 0 aliphatic rings. The summed E-state index contributed by atoms with van der Waals surface area (Å²) in [5.74, 6) is -0.733. The van der Waals surface area contributed by atoms with Crippen LogP contribution in [0.3, 0.4) is 0 Å². The molecule has 0 saturated heterocycles. The highest BCUT2D eigenvalue weighted by Crippen LogP contribution is 2.10. The van der Waals surface area contributed by atoms with Crippen LogP contribution < -0.4 is 4.72 Å². The maximum atomic E-state index is 12.9. The van der Waals surface area contributed by atoms with E-state index in [2.05, 4.69) is 9.71 Å². The highest BCUT2D eigenvalue weighted by molar-refractivity contribution is 7.89. The maximum absolute atomic E-state index is 12.9. The van der Waals surface area contributed by atoms with E-state index in [-0.39, 0.29) is 24.5 Å². The maximum Gasteiger partial charge on any atom is 0.242 e. The molecular weight excluding hydrogens is 263 g/mol. The monoisotopic (exact) mass is 278 g/mol. The molecule has 0 bridgehead atoms. The molecule has 0 saturated carbocycles. The Labute approximate surface area is 105 Å². The second kappa shape index (κ2) is 6.74. The van der Waals surface area contributed by atoms with Gasteiger partial charge in [-0.2, -0.15) is 0 Å². The van der Waals surface area contributed by atoms with Gasteiger partial charge >= 0.3 is 0 Å². The number of nitrogens with one attached hydrogen (secondary N) is 1. The summed E-state index contributed by atoms with van der Waals surface area (Å²) in [6.45, 7) is -0.0690. The third-order valence-corrected chi connectivity index (χ3v) is 3.64. The van der Waals surface area contributed by atoms with Crippen LogP contribution in [0, 0.1) is 5.82 Å². The summed E-state index contributed by atoms with van der Waals surface area (Å²) in [6.07, 6.45) is 2.17. The Balaban J connectivity index is 2.86. The number of ether oxygens (including phenoxy) is 1. The molecule has 102 valence electrons. The van der Waals surface area contributed by atoms with E-state index in [1.807, 2.05) is 0 Å². The number of aliphatic hydroxyl groups excluding tert-OH is 1. The first-order chi connectivity index (χ1) is 8.49. The molecule has 1 rings (SSSR count). The number of nitrogens with zero attached hydrogens (tertiary/aromatic N) is 1. The minimum Gasteiger partial charge on any atom is -0.396 e. The van der Waals surface area contributed by atoms with Crippen LogP contribution >= 0.6 is 0 Å². The number of hydrogen-bond acceptors (Lipinski definition) is 5. The predicted molar refractivity (Wildman–Crippen MR) is 61.9 cm³/mol. The zero-order valence-corrected chi connectivity index (χ0v) is 10.7. The summed E-state index contributed by atoms with van der Waals surface area (Å²) in [5, 5.41) is 8.81. The molecule has 1 aromatic rings. The zero-order chi connectivity index (χ0) is 13.6. The van der Waals surface area contributed by atoms with Gasteiger partial charge in [0.1, 0.15) is 10.7 Å². The Bertz CT molecular complexity index is 475. The smallest absolute Gasteiger partial charge is 0.242 e. The highest BCUT2D eigenvalue weighted by Gasteiger charge is 2.20. The molecule has 0 aliphatic heterocycles. The first-order valence-electron chi connectivity index (χ1n) is 5.22. The Morgan fingerprint density at radius 2 is 2.28 bits per heavy atom. The number of pyridine rings is 1. The topological polar surface area (TPSA) is 88.5 Å². The number of hydrogen-bond donors (Lipinski definition) is 2. The van der Waals surface area contributed by atoms with Gasteiger partial charge in [-0.3, -0.25) is 4.98 Å². The van der Waals surface area contributed by atoms with Gasteiger partial charge in [0.05, 0.1) is 12.8 Å². The van der Waals surface area contributed by atoms with Crippen molar-refractivity contribution in [1.82, 2.24) is 9.71 Å². The van der Waals surface area contributed by atoms with Crippen molar-refractivity contribution in [2.24, 2.45) is 0 Å². The van der Waals surface area contributed by atoms with Crippen molar-refractivity contribution >= 4 is 10.0 Å². The second-order valence-corrected chi connectivity index (χ2v) is 5.34. The number of aromatic nitrogens is 1. The molecule has 0 amide bonds. The summed E-state index contributed by atoms with van der Waals surface area (Å²) >= 11 is 0. The third-order valence-electron chi connectivity index (χ3n) is 2.16. The summed E-state index contributed by atoms with van der Waals surface area (Å²) < 4.78 is 43.8. The second-order valence-electron chi connectivity index (χ2n) is 3.62. The van der Waals surface area contributed by atoms with E-state index < -0.39 is 21.9 Å². The first kappa shape index (κ1) is 15.0. The van der Waals surface area contributed by atoms with E-state index in [0.29, 0.717) is 0 Å². The molecule has 0 spiro atoms. The van der Waals surface area contributed by atoms with Crippen molar-refractivity contribution in [3.63, 3.8) is 0 Å². The summed E-state index contributed by atoms with van der Waals surface area (Å²) in [5.41, 5.74) is 0. The van der Waals surface area contributed by atoms with Crippen LogP contribution in [0.4, 0.5) is 4.39 Å². The molecule has 18 heavy (non-hydrogen) atoms. The van der Waals surface area contributed by atoms with Gasteiger partial charge in [0, 0.05) is 26.0 Å². The lowest BCUT2D eigenvalue weighted by molar-refractivity contribution is 0.158. The summed E-state index contributed by atoms with van der Waals surface area (Å²) in [6, 6.07) is 0.297. The molecule has 0 radical (unpaired) electrons. The van der Waals surface area contributed by atoms with Crippen LogP contribution in [0.5, 0.6) is 0 Å². The van der Waals surface area contributed by atoms with Gasteiger partial charge in [-0.05, 0) is 12.5 Å². The number of rotatable bonds is 7. The van der Waals surface area contributed by atoms with Crippen molar-refractivity contribution in [1.29, 1.82) is 0 Å². The lowest BCUT2D eigenvalue weighted by atomic mass is 10.2. The van der Waals surface area contributed by atoms with Gasteiger partial charge < -0.3 is 9.84 Å². The Morgan fingerprint density at radius 3 is 2.83 bits per heavy atom. The van der Waals surface area contributed by atoms with Gasteiger partial charge in [-0.15, -0.1) is 0 Å². The Morgan fingerprint density at radius 1 is 1.56 bits per heavy atom. The lowest BCUT2D eigenvalue weighted by Crippen LogP contribution is -2.38. The van der Waals surface area contributed by atoms with Crippen LogP contribution in [0.2, 0.25) is 0 Å². The molecule has 1 heterocycles. The van der Waals surface area contributed by atoms with Gasteiger partial charge in [0.25, 0.3) is 0 Å². The quantitative estimate of drug-likeness (QED) is 0.727. The molecule has 8 heteroatoms. The van der Waals surface area contributed by atoms with Crippen molar-refractivity contribution < 1.29 is 22.7 Å². The van der Waals surface area contributed by atoms with Crippen LogP contribution in [0.1, 0.15) is 6.42 Å². The van der Waals surface area contributed by atoms with E-state index in [9.17, 15) is 12.8 Å². The fraction of sp³-hybridized carbons (Fsp3) is 0.500. The molecule has 1 unspecified atom stereocenters. The Hall–Kier alpha value is -1.09. The van der Waals surface area contributed by atoms with Crippen molar-refractivity contribution in [3.8, 4) is 0 Å². The summed E-state index contributed by atoms with van der Waals surface area (Å²) in [4.78, 5) is 3.21. The molecular formula is C10H15FN2O4S. The van der Waals surface area contributed by atoms with Gasteiger partial charge in [-0.25, -0.2) is 17.5 Å². The first-order valence-corrected chi connectivity index (χ1v) is 6.70. The molecule has 1 atom stereocenters. The molecule has 6 nitrogen and oxygen atoms in total. The SMILES string of the molecule is COCC(CCO)NS(=O)(=O)c1cncc(F)c1. The molecule has 0 fully saturated rings. The van der Waals surface area contributed by atoms with E-state index in [1.165, 1.54) is 7.11 Å². The van der Waals surface area contributed by atoms with Crippen LogP contribution in [0.15, 0.2) is 23.4 Å². The number of halogens is 1. The van der Waals surface area contributed by atoms with Gasteiger partial charge in [0.2, 0.25) is 10.0 Å². The van der Waals surface area contributed by atoms with E-state index in [0.717, 1.165) is 18.5 Å². The normalized spacial score (nSPS) is 13.5. The Kier molecular flexibility index (Phi) is 5.60. The molecule has 0 aromatic carbocycles. The average Bonchev–Trinajstić information content (AvgIpc) is 2.29. The van der Waals surface area contributed by atoms with Gasteiger partial charge in [-0.1, -0.05) is 0 Å². The fourth-order valence-corrected chi connectivity index (χ4v) is 2.59. The lowest BCUT2D eigenvalue weighted by Gasteiger charge is -2.16. The van der Waals surface area contributed by atoms with Crippen LogP contribution in [0.25, 0.3) is 0 Å². The van der Waals surface area contributed by atoms with E-state index >= 15 is 0 Å². The average molecular weight is 278 g/mol. The highest BCUT2D eigenvalue weighted by atomic mass is 32.2. The van der Waals surface area contributed by atoms with Crippen molar-refractivity contribution in [2.45, 2.75) is 17.4 Å². The molecule has 2 N–H and O–H groups in total. The third kappa shape index (κ3) is 4.30. The largest absolute Gasteiger partial charge is 0.396 e. The fourth-order valence-electron chi connectivity index (χ4n) is 1.36. The van der Waals surface area contributed by atoms with Crippen molar-refractivity contribution in [3.05, 3.63) is 24.3 Å². The van der Waals surface area contributed by atoms with Crippen LogP contribution in [-0.4, -0.2) is 44.9 Å². The number of aliphatic hydroxyl groups is 1. The molecule has 1 aromatic heterocycles. The summed E-state index contributed by atoms with van der Waals surface area (Å²) in [7, 11) is -2.45. The van der Waals surface area contributed by atoms with Gasteiger partial charge in [0.15, 0.2) is 0 Å². The minimum absolute atomic E-state index is 0.114.